The maximum absolute atomic E-state index is 4.43. The topological polar surface area (TPSA) is 34.8 Å². The molecule has 1 N–H and O–H groups in total. The number of rotatable bonds is 3. The summed E-state index contributed by atoms with van der Waals surface area (Å²) in [4.78, 5) is 4.43. The van der Waals surface area contributed by atoms with Crippen LogP contribution in [0.3, 0.4) is 0 Å². The lowest BCUT2D eigenvalue weighted by Gasteiger charge is -2.40. The van der Waals surface area contributed by atoms with Gasteiger partial charge in [0.1, 0.15) is 0 Å². The quantitative estimate of drug-likeness (QED) is 0.197. The third-order valence-corrected chi connectivity index (χ3v) is 13.5. The number of hydrogen-bond acceptors (Lipinski definition) is 2. The number of para-hydroxylation sites is 2. The molecular formula is C53H36N4. The maximum Gasteiger partial charge on any atom is 0.0658 e. The largest absolute Gasteiger partial charge is 0.383 e. The Balaban J connectivity index is 0.971. The molecule has 0 saturated heterocycles. The number of fused-ring (bicyclic) bond motifs is 17. The van der Waals surface area contributed by atoms with Crippen LogP contribution in [0.15, 0.2) is 195 Å². The van der Waals surface area contributed by atoms with Crippen molar-refractivity contribution in [3.05, 3.63) is 217 Å². The van der Waals surface area contributed by atoms with E-state index < -0.39 is 0 Å². The highest BCUT2D eigenvalue weighted by atomic mass is 15.0. The van der Waals surface area contributed by atoms with Crippen LogP contribution in [0, 0.1) is 5.92 Å². The first-order valence-corrected chi connectivity index (χ1v) is 20.0. The van der Waals surface area contributed by atoms with Crippen molar-refractivity contribution in [2.45, 2.75) is 17.4 Å². The molecule has 0 saturated carbocycles. The highest BCUT2D eigenvalue weighted by molar-refractivity contribution is 6.12. The van der Waals surface area contributed by atoms with Crippen LogP contribution in [-0.2, 0) is 5.41 Å². The lowest BCUT2D eigenvalue weighted by atomic mass is 9.65. The van der Waals surface area contributed by atoms with Crippen LogP contribution in [-0.4, -0.2) is 20.2 Å². The van der Waals surface area contributed by atoms with Crippen LogP contribution >= 0.6 is 0 Å². The summed E-state index contributed by atoms with van der Waals surface area (Å²) in [6, 6.07) is 52.0. The third-order valence-electron chi connectivity index (χ3n) is 13.5. The Morgan fingerprint density at radius 2 is 1.21 bits per heavy atom. The van der Waals surface area contributed by atoms with Gasteiger partial charge in [-0.15, -0.1) is 0 Å². The van der Waals surface area contributed by atoms with Crippen molar-refractivity contribution in [1.29, 1.82) is 0 Å². The Morgan fingerprint density at radius 1 is 0.544 bits per heavy atom. The minimum atomic E-state index is -0.240. The third kappa shape index (κ3) is 3.99. The summed E-state index contributed by atoms with van der Waals surface area (Å²) in [5.74, 6) is 0.510. The SMILES string of the molecule is C1=CNC2C(=C1)c1ccccc1C21c2ccc3c4ccccc4n(-c4ccc(-c5ccc(-n6c7ccccc7c7cnccc76)cc5)cc4)c3c2C2C=CC=CC21. The van der Waals surface area contributed by atoms with Crippen LogP contribution in [0.4, 0.5) is 0 Å². The van der Waals surface area contributed by atoms with Crippen molar-refractivity contribution in [3.63, 3.8) is 0 Å². The zero-order valence-corrected chi connectivity index (χ0v) is 31.0. The summed E-state index contributed by atoms with van der Waals surface area (Å²) < 4.78 is 4.88. The summed E-state index contributed by atoms with van der Waals surface area (Å²) in [5.41, 5.74) is 16.4. The molecule has 4 nitrogen and oxygen atoms in total. The number of nitrogens with zero attached hydrogens (tertiary/aromatic N) is 3. The Labute approximate surface area is 330 Å². The summed E-state index contributed by atoms with van der Waals surface area (Å²) in [7, 11) is 0. The van der Waals surface area contributed by atoms with E-state index in [1.54, 1.807) is 0 Å². The second-order valence-electron chi connectivity index (χ2n) is 15.9. The van der Waals surface area contributed by atoms with E-state index >= 15 is 0 Å². The van der Waals surface area contributed by atoms with Gasteiger partial charge in [-0.25, -0.2) is 0 Å². The van der Waals surface area contributed by atoms with Crippen molar-refractivity contribution >= 4 is 49.2 Å². The predicted molar refractivity (Wildman–Crippen MR) is 234 cm³/mol. The fraction of sp³-hybridized carbons (Fsp3) is 0.0755. The summed E-state index contributed by atoms with van der Waals surface area (Å²) in [6.07, 6.45) is 20.0. The lowest BCUT2D eigenvalue weighted by molar-refractivity contribution is 0.353. The van der Waals surface area contributed by atoms with Crippen LogP contribution in [0.25, 0.3) is 71.7 Å². The van der Waals surface area contributed by atoms with Crippen LogP contribution in [0.5, 0.6) is 0 Å². The van der Waals surface area contributed by atoms with E-state index in [0.717, 1.165) is 5.69 Å². The lowest BCUT2D eigenvalue weighted by Crippen LogP contribution is -2.48. The number of hydrogen-bond donors (Lipinski definition) is 1. The first-order chi connectivity index (χ1) is 28.3. The van der Waals surface area contributed by atoms with Crippen LogP contribution in [0.1, 0.15) is 28.2 Å². The minimum Gasteiger partial charge on any atom is -0.383 e. The molecule has 6 aromatic carbocycles. The molecule has 57 heavy (non-hydrogen) atoms. The van der Waals surface area contributed by atoms with Gasteiger partial charge in [-0.3, -0.25) is 4.98 Å². The fourth-order valence-electron chi connectivity index (χ4n) is 11.3. The molecule has 1 spiro atoms. The molecule has 0 radical (unpaired) electrons. The Bertz CT molecular complexity index is 3230. The van der Waals surface area contributed by atoms with Gasteiger partial charge < -0.3 is 14.5 Å². The van der Waals surface area contributed by atoms with Gasteiger partial charge in [-0.2, -0.15) is 0 Å². The molecule has 4 heterocycles. The highest BCUT2D eigenvalue weighted by Gasteiger charge is 2.61. The summed E-state index contributed by atoms with van der Waals surface area (Å²) in [5, 5.41) is 8.87. The molecule has 4 heteroatoms. The van der Waals surface area contributed by atoms with E-state index in [1.165, 1.54) is 88.3 Å². The molecule has 0 fully saturated rings. The first-order valence-electron chi connectivity index (χ1n) is 20.0. The van der Waals surface area contributed by atoms with Crippen molar-refractivity contribution in [1.82, 2.24) is 19.4 Å². The molecule has 4 aliphatic rings. The normalized spacial score (nSPS) is 21.3. The number of allylic oxidation sites excluding steroid dienone is 6. The average molecular weight is 729 g/mol. The van der Waals surface area contributed by atoms with E-state index in [4.69, 9.17) is 0 Å². The van der Waals surface area contributed by atoms with E-state index in [0.29, 0.717) is 0 Å². The second kappa shape index (κ2) is 11.4. The monoisotopic (exact) mass is 728 g/mol. The van der Waals surface area contributed by atoms with E-state index in [9.17, 15) is 0 Å². The Hall–Kier alpha value is -7.17. The minimum absolute atomic E-state index is 0.151. The Kier molecular flexibility index (Phi) is 6.24. The second-order valence-corrected chi connectivity index (χ2v) is 15.9. The number of nitrogens with one attached hydrogen (secondary N) is 1. The first kappa shape index (κ1) is 31.1. The van der Waals surface area contributed by atoms with Gasteiger partial charge in [0.05, 0.1) is 33.5 Å². The zero-order valence-electron chi connectivity index (χ0n) is 31.0. The predicted octanol–water partition coefficient (Wildman–Crippen LogP) is 12.0. The van der Waals surface area contributed by atoms with Gasteiger partial charge in [0.25, 0.3) is 0 Å². The number of benzene rings is 6. The van der Waals surface area contributed by atoms with Gasteiger partial charge in [0, 0.05) is 57.1 Å². The van der Waals surface area contributed by atoms with Gasteiger partial charge in [0.2, 0.25) is 0 Å². The summed E-state index contributed by atoms with van der Waals surface area (Å²) >= 11 is 0. The highest BCUT2D eigenvalue weighted by Crippen LogP contribution is 2.65. The van der Waals surface area contributed by atoms with Crippen molar-refractivity contribution in [2.24, 2.45) is 5.92 Å². The summed E-state index contributed by atoms with van der Waals surface area (Å²) in [6.45, 7) is 0. The molecule has 9 aromatic rings. The van der Waals surface area contributed by atoms with Crippen molar-refractivity contribution in [3.8, 4) is 22.5 Å². The smallest absolute Gasteiger partial charge is 0.0658 e. The van der Waals surface area contributed by atoms with Crippen LogP contribution in [0.2, 0.25) is 0 Å². The molecular weight excluding hydrogens is 693 g/mol. The maximum atomic E-state index is 4.43. The average Bonchev–Trinajstić information content (AvgIpc) is 3.99. The van der Waals surface area contributed by atoms with E-state index in [-0.39, 0.29) is 23.3 Å². The van der Waals surface area contributed by atoms with Crippen molar-refractivity contribution < 1.29 is 0 Å². The number of aromatic nitrogens is 3. The molecule has 1 aliphatic heterocycles. The molecule has 13 rings (SSSR count). The molecule has 4 atom stereocenters. The molecule has 3 aliphatic carbocycles. The van der Waals surface area contributed by atoms with Crippen molar-refractivity contribution in [2.75, 3.05) is 0 Å². The standard InChI is InChI=1S/C53H36N4/c1-5-15-44-37(10-1)41-14-9-30-55-52(41)53(44)45-16-6-2-13-42(45)50-46(53)28-27-40-38-11-3-8-18-48(38)57(51(40)50)36-25-21-34(22-26-36)33-19-23-35(24-20-33)56-47-17-7-4-12-39(47)43-32-54-31-29-49(43)56/h1-32,42,45,52,55H. The molecule has 0 amide bonds. The van der Waals surface area contributed by atoms with E-state index in [1.807, 2.05) is 12.4 Å². The zero-order chi connectivity index (χ0) is 37.2. The fourth-order valence-corrected chi connectivity index (χ4v) is 11.3. The molecule has 4 unspecified atom stereocenters. The molecule has 268 valence electrons. The number of pyridine rings is 1. The van der Waals surface area contributed by atoms with Gasteiger partial charge in [-0.05, 0) is 93.7 Å². The van der Waals surface area contributed by atoms with Gasteiger partial charge in [-0.1, -0.05) is 127 Å². The van der Waals surface area contributed by atoms with Gasteiger partial charge in [0.15, 0.2) is 0 Å². The van der Waals surface area contributed by atoms with E-state index in [2.05, 4.69) is 202 Å². The Morgan fingerprint density at radius 3 is 2.02 bits per heavy atom. The van der Waals surface area contributed by atoms with Crippen LogP contribution < -0.4 is 5.32 Å². The number of dihydropyridines is 1. The van der Waals surface area contributed by atoms with Gasteiger partial charge >= 0.3 is 0 Å². The molecule has 0 bridgehead atoms. The molecule has 3 aromatic heterocycles.